The standard InChI is InChI=1S/C24H30ClN3O2/c1-17-15-20(16-18(2)24(17)25)30-14-13-28-22-10-7-6-9-21(22)27-23(28)11-5-4-8-12-26-19(3)29/h6-7,9-10,15-16H,4-5,8,11-14H2,1-3H3,(H,26,29). The third-order valence-corrected chi connectivity index (χ3v) is 5.77. The van der Waals surface area contributed by atoms with Crippen molar-refractivity contribution in [3.8, 4) is 5.75 Å². The van der Waals surface area contributed by atoms with Crippen molar-refractivity contribution in [3.05, 3.63) is 58.4 Å². The van der Waals surface area contributed by atoms with Gasteiger partial charge in [0.1, 0.15) is 18.2 Å². The van der Waals surface area contributed by atoms with Crippen LogP contribution in [0.25, 0.3) is 11.0 Å². The molecule has 160 valence electrons. The third kappa shape index (κ3) is 5.76. The maximum absolute atomic E-state index is 11.0. The molecule has 0 aliphatic carbocycles. The van der Waals surface area contributed by atoms with Crippen molar-refractivity contribution in [2.24, 2.45) is 0 Å². The van der Waals surface area contributed by atoms with Crippen LogP contribution in [0.4, 0.5) is 0 Å². The Labute approximate surface area is 183 Å². The molecule has 5 nitrogen and oxygen atoms in total. The average Bonchev–Trinajstić information content (AvgIpc) is 3.06. The first-order chi connectivity index (χ1) is 14.5. The van der Waals surface area contributed by atoms with Gasteiger partial charge in [-0.05, 0) is 62.1 Å². The summed E-state index contributed by atoms with van der Waals surface area (Å²) in [5.74, 6) is 1.96. The van der Waals surface area contributed by atoms with Crippen LogP contribution in [0.3, 0.4) is 0 Å². The van der Waals surface area contributed by atoms with Crippen LogP contribution in [0.2, 0.25) is 5.02 Å². The molecule has 0 saturated heterocycles. The van der Waals surface area contributed by atoms with Crippen LogP contribution in [0, 0.1) is 13.8 Å². The zero-order chi connectivity index (χ0) is 21.5. The fourth-order valence-electron chi connectivity index (χ4n) is 3.66. The number of halogens is 1. The van der Waals surface area contributed by atoms with Crippen LogP contribution in [-0.2, 0) is 17.8 Å². The minimum Gasteiger partial charge on any atom is -0.492 e. The highest BCUT2D eigenvalue weighted by Gasteiger charge is 2.11. The van der Waals surface area contributed by atoms with E-state index < -0.39 is 0 Å². The Balaban J connectivity index is 1.62. The summed E-state index contributed by atoms with van der Waals surface area (Å²) in [6.07, 6.45) is 3.99. The molecule has 6 heteroatoms. The first kappa shape index (κ1) is 22.2. The van der Waals surface area contributed by atoms with Crippen molar-refractivity contribution >= 4 is 28.5 Å². The molecule has 1 heterocycles. The van der Waals surface area contributed by atoms with Crippen LogP contribution in [0.15, 0.2) is 36.4 Å². The molecule has 0 saturated carbocycles. The molecule has 0 atom stereocenters. The van der Waals surface area contributed by atoms with Crippen LogP contribution in [0.1, 0.15) is 43.1 Å². The lowest BCUT2D eigenvalue weighted by molar-refractivity contribution is -0.118. The number of carbonyl (C=O) groups excluding carboxylic acids is 1. The van der Waals surface area contributed by atoms with Gasteiger partial charge >= 0.3 is 0 Å². The second-order valence-electron chi connectivity index (χ2n) is 7.68. The van der Waals surface area contributed by atoms with Gasteiger partial charge in [0.2, 0.25) is 5.91 Å². The molecule has 0 aliphatic rings. The van der Waals surface area contributed by atoms with E-state index in [4.69, 9.17) is 21.3 Å². The second-order valence-corrected chi connectivity index (χ2v) is 8.06. The third-order valence-electron chi connectivity index (χ3n) is 5.18. The number of hydrogen-bond donors (Lipinski definition) is 1. The van der Waals surface area contributed by atoms with E-state index in [2.05, 4.69) is 22.0 Å². The number of nitrogens with zero attached hydrogens (tertiary/aromatic N) is 2. The Bertz CT molecular complexity index is 990. The van der Waals surface area contributed by atoms with Gasteiger partial charge in [-0.25, -0.2) is 4.98 Å². The molecule has 0 fully saturated rings. The summed E-state index contributed by atoms with van der Waals surface area (Å²) in [7, 11) is 0. The van der Waals surface area contributed by atoms with E-state index >= 15 is 0 Å². The van der Waals surface area contributed by atoms with Crippen LogP contribution in [0.5, 0.6) is 5.75 Å². The number of rotatable bonds is 10. The van der Waals surface area contributed by atoms with Crippen LogP contribution in [-0.4, -0.2) is 28.6 Å². The lowest BCUT2D eigenvalue weighted by atomic mass is 10.1. The van der Waals surface area contributed by atoms with Gasteiger partial charge in [-0.15, -0.1) is 0 Å². The van der Waals surface area contributed by atoms with Crippen molar-refractivity contribution < 1.29 is 9.53 Å². The molecule has 0 radical (unpaired) electrons. The Kier molecular flexibility index (Phi) is 7.75. The Morgan fingerprint density at radius 3 is 2.60 bits per heavy atom. The zero-order valence-corrected chi connectivity index (χ0v) is 18.8. The summed E-state index contributed by atoms with van der Waals surface area (Å²) in [5, 5.41) is 3.64. The first-order valence-electron chi connectivity index (χ1n) is 10.5. The SMILES string of the molecule is CC(=O)NCCCCCc1nc2ccccc2n1CCOc1cc(C)c(Cl)c(C)c1. The van der Waals surface area contributed by atoms with Crippen LogP contribution < -0.4 is 10.1 Å². The van der Waals surface area contributed by atoms with E-state index in [1.807, 2.05) is 38.1 Å². The Hall–Kier alpha value is -2.53. The predicted molar refractivity (Wildman–Crippen MR) is 122 cm³/mol. The molecule has 1 N–H and O–H groups in total. The number of amides is 1. The van der Waals surface area contributed by atoms with Crippen molar-refractivity contribution in [1.82, 2.24) is 14.9 Å². The van der Waals surface area contributed by atoms with E-state index in [1.165, 1.54) is 0 Å². The van der Waals surface area contributed by atoms with E-state index in [-0.39, 0.29) is 5.91 Å². The van der Waals surface area contributed by atoms with E-state index in [0.29, 0.717) is 6.61 Å². The van der Waals surface area contributed by atoms with Gasteiger partial charge in [-0.2, -0.15) is 0 Å². The largest absolute Gasteiger partial charge is 0.492 e. The number of hydrogen-bond acceptors (Lipinski definition) is 3. The predicted octanol–water partition coefficient (Wildman–Crippen LogP) is 5.23. The fourth-order valence-corrected chi connectivity index (χ4v) is 3.77. The number of imidazole rings is 1. The smallest absolute Gasteiger partial charge is 0.216 e. The highest BCUT2D eigenvalue weighted by atomic mass is 35.5. The first-order valence-corrected chi connectivity index (χ1v) is 10.9. The van der Waals surface area contributed by atoms with Gasteiger partial charge in [0.15, 0.2) is 0 Å². The van der Waals surface area contributed by atoms with E-state index in [0.717, 1.165) is 77.5 Å². The molecule has 0 unspecified atom stereocenters. The van der Waals surface area contributed by atoms with E-state index in [1.54, 1.807) is 6.92 Å². The second kappa shape index (κ2) is 10.5. The van der Waals surface area contributed by atoms with Crippen molar-refractivity contribution in [3.63, 3.8) is 0 Å². The molecule has 3 rings (SSSR count). The number of benzene rings is 2. The minimum absolute atomic E-state index is 0.0304. The normalized spacial score (nSPS) is 11.1. The van der Waals surface area contributed by atoms with Crippen molar-refractivity contribution in [2.45, 2.75) is 53.0 Å². The van der Waals surface area contributed by atoms with Gasteiger partial charge in [-0.3, -0.25) is 4.79 Å². The van der Waals surface area contributed by atoms with Crippen molar-refractivity contribution in [1.29, 1.82) is 0 Å². The molecule has 2 aromatic carbocycles. The minimum atomic E-state index is 0.0304. The number of unbranched alkanes of at least 4 members (excludes halogenated alkanes) is 2. The van der Waals surface area contributed by atoms with Gasteiger partial charge < -0.3 is 14.6 Å². The average molecular weight is 428 g/mol. The summed E-state index contributed by atoms with van der Waals surface area (Å²) in [6, 6.07) is 12.2. The number of carbonyl (C=O) groups is 1. The lowest BCUT2D eigenvalue weighted by Gasteiger charge is -2.13. The molecule has 0 spiro atoms. The van der Waals surface area contributed by atoms with Gasteiger partial charge in [0, 0.05) is 24.9 Å². The maximum Gasteiger partial charge on any atom is 0.216 e. The number of fused-ring (bicyclic) bond motifs is 1. The summed E-state index contributed by atoms with van der Waals surface area (Å²) in [4.78, 5) is 15.8. The molecular formula is C24H30ClN3O2. The quantitative estimate of drug-likeness (QED) is 0.450. The lowest BCUT2D eigenvalue weighted by Crippen LogP contribution is -2.20. The molecule has 1 amide bonds. The monoisotopic (exact) mass is 427 g/mol. The number of nitrogens with one attached hydrogen (secondary N) is 1. The summed E-state index contributed by atoms with van der Waals surface area (Å²) < 4.78 is 8.30. The molecule has 0 aliphatic heterocycles. The molecule has 3 aromatic rings. The zero-order valence-electron chi connectivity index (χ0n) is 18.0. The highest BCUT2D eigenvalue weighted by molar-refractivity contribution is 6.32. The van der Waals surface area contributed by atoms with Crippen LogP contribution >= 0.6 is 11.6 Å². The molecule has 0 bridgehead atoms. The van der Waals surface area contributed by atoms with Gasteiger partial charge in [0.05, 0.1) is 17.6 Å². The van der Waals surface area contributed by atoms with Crippen molar-refractivity contribution in [2.75, 3.05) is 13.2 Å². The number of aryl methyl sites for hydroxylation is 3. The number of para-hydroxylation sites is 2. The molecule has 1 aromatic heterocycles. The highest BCUT2D eigenvalue weighted by Crippen LogP contribution is 2.26. The molecular weight excluding hydrogens is 398 g/mol. The summed E-state index contributed by atoms with van der Waals surface area (Å²) >= 11 is 6.26. The number of aromatic nitrogens is 2. The summed E-state index contributed by atoms with van der Waals surface area (Å²) in [5.41, 5.74) is 4.21. The summed E-state index contributed by atoms with van der Waals surface area (Å²) in [6.45, 7) is 7.58. The topological polar surface area (TPSA) is 56.2 Å². The molecule has 30 heavy (non-hydrogen) atoms. The van der Waals surface area contributed by atoms with E-state index in [9.17, 15) is 4.79 Å². The van der Waals surface area contributed by atoms with Gasteiger partial charge in [-0.1, -0.05) is 30.2 Å². The Morgan fingerprint density at radius 1 is 1.13 bits per heavy atom. The van der Waals surface area contributed by atoms with Gasteiger partial charge in [0.25, 0.3) is 0 Å². The number of ether oxygens (including phenoxy) is 1. The maximum atomic E-state index is 11.0. The Morgan fingerprint density at radius 2 is 1.87 bits per heavy atom. The fraction of sp³-hybridized carbons (Fsp3) is 0.417.